The van der Waals surface area contributed by atoms with Gasteiger partial charge in [-0.2, -0.15) is 5.26 Å². The first kappa shape index (κ1) is 19.1. The predicted octanol–water partition coefficient (Wildman–Crippen LogP) is 6.69. The van der Waals surface area contributed by atoms with Crippen LogP contribution >= 0.6 is 0 Å². The van der Waals surface area contributed by atoms with Crippen LogP contribution < -0.4 is 0 Å². The number of halogens is 2. The van der Waals surface area contributed by atoms with Gasteiger partial charge in [-0.3, -0.25) is 4.39 Å². The van der Waals surface area contributed by atoms with Gasteiger partial charge in [-0.1, -0.05) is 18.2 Å². The molecule has 2 fully saturated rings. The molecule has 0 aliphatic heterocycles. The summed E-state index contributed by atoms with van der Waals surface area (Å²) in [4.78, 5) is 0. The highest BCUT2D eigenvalue weighted by molar-refractivity contribution is 5.34. The molecule has 1 aromatic carbocycles. The molecule has 0 heterocycles. The molecule has 2 saturated carbocycles. The first-order chi connectivity index (χ1) is 12.7. The van der Waals surface area contributed by atoms with E-state index < -0.39 is 0 Å². The SMILES string of the molecule is N#Cc1ccc(C2CCC(C3CCC(C=CCCF)CC3)CC2)cc1F. The highest BCUT2D eigenvalue weighted by Crippen LogP contribution is 2.44. The Morgan fingerprint density at radius 2 is 1.65 bits per heavy atom. The topological polar surface area (TPSA) is 23.8 Å². The number of nitriles is 1. The van der Waals surface area contributed by atoms with E-state index in [1.54, 1.807) is 12.1 Å². The minimum atomic E-state index is -0.383. The summed E-state index contributed by atoms with van der Waals surface area (Å²) in [5, 5.41) is 8.87. The molecule has 0 aromatic heterocycles. The summed E-state index contributed by atoms with van der Waals surface area (Å²) in [7, 11) is 0. The van der Waals surface area contributed by atoms with Gasteiger partial charge in [0.2, 0.25) is 0 Å². The maximum Gasteiger partial charge on any atom is 0.141 e. The Morgan fingerprint density at radius 3 is 2.23 bits per heavy atom. The number of rotatable bonds is 5. The van der Waals surface area contributed by atoms with Crippen molar-refractivity contribution in [1.29, 1.82) is 5.26 Å². The molecule has 0 saturated heterocycles. The molecular formula is C23H29F2N. The first-order valence-corrected chi connectivity index (χ1v) is 10.1. The van der Waals surface area contributed by atoms with Gasteiger partial charge >= 0.3 is 0 Å². The lowest BCUT2D eigenvalue weighted by atomic mass is 9.68. The fourth-order valence-electron chi connectivity index (χ4n) is 4.96. The lowest BCUT2D eigenvalue weighted by molar-refractivity contribution is 0.171. The van der Waals surface area contributed by atoms with Crippen molar-refractivity contribution in [3.63, 3.8) is 0 Å². The van der Waals surface area contributed by atoms with E-state index in [1.807, 2.05) is 18.2 Å². The number of allylic oxidation sites excluding steroid dienone is 2. The fourth-order valence-corrected chi connectivity index (χ4v) is 4.96. The number of hydrogen-bond donors (Lipinski definition) is 0. The Hall–Kier alpha value is -1.69. The van der Waals surface area contributed by atoms with Gasteiger partial charge < -0.3 is 0 Å². The van der Waals surface area contributed by atoms with Crippen molar-refractivity contribution >= 4 is 0 Å². The molecule has 3 heteroatoms. The van der Waals surface area contributed by atoms with Gasteiger partial charge in [0.15, 0.2) is 0 Å². The van der Waals surface area contributed by atoms with Crippen molar-refractivity contribution < 1.29 is 8.78 Å². The van der Waals surface area contributed by atoms with Crippen LogP contribution in [-0.2, 0) is 0 Å². The number of nitrogens with zero attached hydrogens (tertiary/aromatic N) is 1. The van der Waals surface area contributed by atoms with Crippen LogP contribution in [0.5, 0.6) is 0 Å². The Morgan fingerprint density at radius 1 is 1.00 bits per heavy atom. The van der Waals surface area contributed by atoms with Gasteiger partial charge in [0.25, 0.3) is 0 Å². The van der Waals surface area contributed by atoms with Gasteiger partial charge in [0.1, 0.15) is 11.9 Å². The van der Waals surface area contributed by atoms with Crippen LogP contribution in [0, 0.1) is 34.9 Å². The van der Waals surface area contributed by atoms with Crippen molar-refractivity contribution in [3.05, 3.63) is 47.3 Å². The minimum absolute atomic E-state index is 0.139. The van der Waals surface area contributed by atoms with E-state index in [-0.39, 0.29) is 18.1 Å². The summed E-state index contributed by atoms with van der Waals surface area (Å²) < 4.78 is 26.1. The second-order valence-corrected chi connectivity index (χ2v) is 8.04. The van der Waals surface area contributed by atoms with Crippen molar-refractivity contribution in [1.82, 2.24) is 0 Å². The monoisotopic (exact) mass is 357 g/mol. The molecule has 1 nitrogen and oxygen atoms in total. The van der Waals surface area contributed by atoms with E-state index in [0.717, 1.165) is 30.2 Å². The highest BCUT2D eigenvalue weighted by atomic mass is 19.1. The molecule has 1 aromatic rings. The molecule has 0 bridgehead atoms. The summed E-state index contributed by atoms with van der Waals surface area (Å²) >= 11 is 0. The Kier molecular flexibility index (Phi) is 6.83. The summed E-state index contributed by atoms with van der Waals surface area (Å²) in [6.07, 6.45) is 14.6. The lowest BCUT2D eigenvalue weighted by Crippen LogP contribution is -2.25. The molecule has 140 valence electrons. The van der Waals surface area contributed by atoms with Crippen LogP contribution in [-0.4, -0.2) is 6.67 Å². The van der Waals surface area contributed by atoms with Crippen molar-refractivity contribution in [2.24, 2.45) is 17.8 Å². The third kappa shape index (κ3) is 4.72. The van der Waals surface area contributed by atoms with Crippen LogP contribution in [0.1, 0.15) is 74.8 Å². The summed E-state index contributed by atoms with van der Waals surface area (Å²) in [6, 6.07) is 7.02. The average Bonchev–Trinajstić information content (AvgIpc) is 2.69. The maximum absolute atomic E-state index is 13.9. The highest BCUT2D eigenvalue weighted by Gasteiger charge is 2.30. The zero-order chi connectivity index (χ0) is 18.4. The summed E-state index contributed by atoms with van der Waals surface area (Å²) in [5.74, 6) is 2.35. The Balaban J connectivity index is 1.47. The van der Waals surface area contributed by atoms with Crippen LogP contribution in [0.4, 0.5) is 8.78 Å². The van der Waals surface area contributed by atoms with Crippen LogP contribution in [0.3, 0.4) is 0 Å². The largest absolute Gasteiger partial charge is 0.251 e. The molecule has 0 N–H and O–H groups in total. The van der Waals surface area contributed by atoms with Gasteiger partial charge in [-0.05, 0) is 99.2 Å². The molecule has 26 heavy (non-hydrogen) atoms. The third-order valence-electron chi connectivity index (χ3n) is 6.52. The quantitative estimate of drug-likeness (QED) is 0.538. The van der Waals surface area contributed by atoms with Crippen LogP contribution in [0.25, 0.3) is 0 Å². The molecule has 0 amide bonds. The normalized spacial score (nSPS) is 29.6. The minimum Gasteiger partial charge on any atom is -0.251 e. The molecule has 3 rings (SSSR count). The van der Waals surface area contributed by atoms with E-state index in [4.69, 9.17) is 5.26 Å². The van der Waals surface area contributed by atoms with Crippen molar-refractivity contribution in [3.8, 4) is 6.07 Å². The van der Waals surface area contributed by atoms with E-state index in [1.165, 1.54) is 38.5 Å². The molecule has 2 aliphatic rings. The Labute approximate surface area is 156 Å². The summed E-state index contributed by atoms with van der Waals surface area (Å²) in [6.45, 7) is -0.252. The molecular weight excluding hydrogens is 328 g/mol. The van der Waals surface area contributed by atoms with E-state index in [9.17, 15) is 8.78 Å². The van der Waals surface area contributed by atoms with Gasteiger partial charge in [0, 0.05) is 0 Å². The van der Waals surface area contributed by atoms with Crippen LogP contribution in [0.15, 0.2) is 30.4 Å². The number of benzene rings is 1. The zero-order valence-electron chi connectivity index (χ0n) is 15.5. The predicted molar refractivity (Wildman–Crippen MR) is 101 cm³/mol. The second-order valence-electron chi connectivity index (χ2n) is 8.04. The number of hydrogen-bond acceptors (Lipinski definition) is 1. The molecule has 0 atom stereocenters. The molecule has 0 unspecified atom stereocenters. The Bertz CT molecular complexity index is 645. The third-order valence-corrected chi connectivity index (χ3v) is 6.52. The summed E-state index contributed by atoms with van der Waals surface area (Å²) in [5.41, 5.74) is 1.20. The second kappa shape index (κ2) is 9.31. The zero-order valence-corrected chi connectivity index (χ0v) is 15.5. The van der Waals surface area contributed by atoms with E-state index in [0.29, 0.717) is 18.3 Å². The molecule has 2 aliphatic carbocycles. The standard InChI is InChI=1S/C23H29F2N/c24-14-2-1-3-17-4-6-18(7-5-17)19-8-10-20(11-9-19)21-12-13-22(16-26)23(25)15-21/h1,3,12-13,15,17-20H,2,4-11,14H2. The average molecular weight is 357 g/mol. The van der Waals surface area contributed by atoms with E-state index >= 15 is 0 Å². The van der Waals surface area contributed by atoms with Gasteiger partial charge in [0.05, 0.1) is 12.2 Å². The van der Waals surface area contributed by atoms with Crippen molar-refractivity contribution in [2.75, 3.05) is 6.67 Å². The van der Waals surface area contributed by atoms with Gasteiger partial charge in [-0.25, -0.2) is 4.39 Å². The maximum atomic E-state index is 13.9. The van der Waals surface area contributed by atoms with Crippen LogP contribution in [0.2, 0.25) is 0 Å². The van der Waals surface area contributed by atoms with Crippen molar-refractivity contribution in [2.45, 2.75) is 63.7 Å². The molecule has 0 spiro atoms. The van der Waals surface area contributed by atoms with E-state index in [2.05, 4.69) is 6.08 Å². The van der Waals surface area contributed by atoms with Gasteiger partial charge in [-0.15, -0.1) is 0 Å². The number of alkyl halides is 1. The fraction of sp³-hybridized carbons (Fsp3) is 0.609. The molecule has 0 radical (unpaired) electrons. The smallest absolute Gasteiger partial charge is 0.141 e. The lowest BCUT2D eigenvalue weighted by Gasteiger charge is -2.37. The first-order valence-electron chi connectivity index (χ1n) is 10.1.